The van der Waals surface area contributed by atoms with Gasteiger partial charge in [0, 0.05) is 35.4 Å². The first-order chi connectivity index (χ1) is 13.9. The van der Waals surface area contributed by atoms with Gasteiger partial charge in [-0.1, -0.05) is 12.1 Å². The van der Waals surface area contributed by atoms with Gasteiger partial charge in [0.1, 0.15) is 0 Å². The number of nitrogens with one attached hydrogen (secondary N) is 2. The van der Waals surface area contributed by atoms with Gasteiger partial charge < -0.3 is 15.2 Å². The molecule has 0 radical (unpaired) electrons. The Bertz CT molecular complexity index is 1040. The summed E-state index contributed by atoms with van der Waals surface area (Å²) in [4.78, 5) is 29.4. The largest absolute Gasteiger partial charge is 0.352 e. The van der Waals surface area contributed by atoms with Crippen LogP contribution in [0.4, 0.5) is 5.69 Å². The minimum atomic E-state index is -0.193. The summed E-state index contributed by atoms with van der Waals surface area (Å²) in [5.41, 5.74) is 5.47. The lowest BCUT2D eigenvalue weighted by Gasteiger charge is -2.12. The number of anilines is 1. The van der Waals surface area contributed by atoms with Gasteiger partial charge in [-0.3, -0.25) is 14.6 Å². The van der Waals surface area contributed by atoms with E-state index in [0.717, 1.165) is 22.6 Å². The molecular formula is C23H26N4O2. The van der Waals surface area contributed by atoms with Gasteiger partial charge >= 0.3 is 0 Å². The van der Waals surface area contributed by atoms with Gasteiger partial charge in [0.25, 0.3) is 11.8 Å². The van der Waals surface area contributed by atoms with Crippen LogP contribution in [0.15, 0.2) is 48.7 Å². The van der Waals surface area contributed by atoms with Gasteiger partial charge in [0.05, 0.1) is 17.8 Å². The minimum absolute atomic E-state index is 0.156. The number of rotatable bonds is 6. The zero-order valence-corrected chi connectivity index (χ0v) is 17.2. The van der Waals surface area contributed by atoms with Crippen LogP contribution in [-0.4, -0.2) is 27.9 Å². The van der Waals surface area contributed by atoms with Crippen molar-refractivity contribution < 1.29 is 9.59 Å². The standard InChI is InChI=1S/C23H26N4O2/c1-5-24-22(28)18-10-9-15(2)21(13-18)26-23(29)20-12-16(3)27(17(20)4)14-19-8-6-7-11-25-19/h6-13H,5,14H2,1-4H3,(H,24,28)(H,26,29). The minimum Gasteiger partial charge on any atom is -0.352 e. The molecule has 29 heavy (non-hydrogen) atoms. The Morgan fingerprint density at radius 2 is 1.83 bits per heavy atom. The summed E-state index contributed by atoms with van der Waals surface area (Å²) >= 11 is 0. The van der Waals surface area contributed by atoms with Crippen LogP contribution in [-0.2, 0) is 6.54 Å². The summed E-state index contributed by atoms with van der Waals surface area (Å²) in [5.74, 6) is -0.349. The number of carbonyl (C=O) groups excluding carboxylic acids is 2. The van der Waals surface area contributed by atoms with E-state index in [4.69, 9.17) is 0 Å². The first-order valence-corrected chi connectivity index (χ1v) is 9.67. The van der Waals surface area contributed by atoms with Crippen molar-refractivity contribution in [2.24, 2.45) is 0 Å². The molecule has 0 saturated heterocycles. The van der Waals surface area contributed by atoms with Gasteiger partial charge in [0.15, 0.2) is 0 Å². The van der Waals surface area contributed by atoms with Crippen molar-refractivity contribution in [3.05, 3.63) is 82.4 Å². The number of carbonyl (C=O) groups is 2. The molecule has 2 N–H and O–H groups in total. The van der Waals surface area contributed by atoms with Crippen LogP contribution in [0.3, 0.4) is 0 Å². The summed E-state index contributed by atoms with van der Waals surface area (Å²) in [6, 6.07) is 13.0. The molecule has 3 aromatic rings. The van der Waals surface area contributed by atoms with Crippen LogP contribution in [0.2, 0.25) is 0 Å². The van der Waals surface area contributed by atoms with E-state index in [1.807, 2.05) is 58.0 Å². The topological polar surface area (TPSA) is 76.0 Å². The molecule has 6 heteroatoms. The third-order valence-electron chi connectivity index (χ3n) is 4.95. The molecule has 0 aliphatic carbocycles. The molecule has 0 fully saturated rings. The monoisotopic (exact) mass is 390 g/mol. The highest BCUT2D eigenvalue weighted by Crippen LogP contribution is 2.21. The molecule has 3 rings (SSSR count). The zero-order valence-electron chi connectivity index (χ0n) is 17.2. The normalized spacial score (nSPS) is 10.6. The first-order valence-electron chi connectivity index (χ1n) is 9.67. The highest BCUT2D eigenvalue weighted by molar-refractivity contribution is 6.06. The molecule has 2 aromatic heterocycles. The van der Waals surface area contributed by atoms with Crippen molar-refractivity contribution in [1.29, 1.82) is 0 Å². The Hall–Kier alpha value is -3.41. The van der Waals surface area contributed by atoms with Crippen molar-refractivity contribution in [1.82, 2.24) is 14.9 Å². The SMILES string of the molecule is CCNC(=O)c1ccc(C)c(NC(=O)c2cc(C)n(Cc3ccccn3)c2C)c1. The maximum absolute atomic E-state index is 13.0. The molecule has 6 nitrogen and oxygen atoms in total. The number of hydrogen-bond acceptors (Lipinski definition) is 3. The van der Waals surface area contributed by atoms with E-state index in [1.165, 1.54) is 0 Å². The highest BCUT2D eigenvalue weighted by atomic mass is 16.2. The van der Waals surface area contributed by atoms with Gasteiger partial charge in [-0.2, -0.15) is 0 Å². The first kappa shape index (κ1) is 20.3. The van der Waals surface area contributed by atoms with E-state index in [9.17, 15) is 9.59 Å². The third-order valence-corrected chi connectivity index (χ3v) is 4.95. The molecular weight excluding hydrogens is 364 g/mol. The molecule has 0 saturated carbocycles. The van der Waals surface area contributed by atoms with Gasteiger partial charge in [-0.25, -0.2) is 0 Å². The van der Waals surface area contributed by atoms with Crippen LogP contribution in [0.5, 0.6) is 0 Å². The molecule has 150 valence electrons. The average molecular weight is 390 g/mol. The van der Waals surface area contributed by atoms with Crippen LogP contribution in [0, 0.1) is 20.8 Å². The van der Waals surface area contributed by atoms with E-state index < -0.39 is 0 Å². The number of benzene rings is 1. The number of aromatic nitrogens is 2. The Kier molecular flexibility index (Phi) is 6.12. The highest BCUT2D eigenvalue weighted by Gasteiger charge is 2.17. The molecule has 0 spiro atoms. The molecule has 0 bridgehead atoms. The van der Waals surface area contributed by atoms with Crippen LogP contribution < -0.4 is 10.6 Å². The van der Waals surface area contributed by atoms with E-state index in [-0.39, 0.29) is 11.8 Å². The Balaban J connectivity index is 1.84. The summed E-state index contributed by atoms with van der Waals surface area (Å²) < 4.78 is 2.08. The van der Waals surface area contributed by atoms with Gasteiger partial charge in [-0.05, 0) is 63.6 Å². The second-order valence-corrected chi connectivity index (χ2v) is 7.04. The van der Waals surface area contributed by atoms with Crippen LogP contribution in [0.1, 0.15) is 50.3 Å². The molecule has 2 amide bonds. The number of pyridine rings is 1. The number of hydrogen-bond donors (Lipinski definition) is 2. The average Bonchev–Trinajstić information content (AvgIpc) is 2.99. The van der Waals surface area contributed by atoms with Crippen LogP contribution >= 0.6 is 0 Å². The van der Waals surface area contributed by atoms with Crippen molar-refractivity contribution in [2.75, 3.05) is 11.9 Å². The zero-order chi connectivity index (χ0) is 21.0. The summed E-state index contributed by atoms with van der Waals surface area (Å²) in [5, 5.41) is 5.74. The fraction of sp³-hybridized carbons (Fsp3) is 0.261. The van der Waals surface area contributed by atoms with Gasteiger partial charge in [-0.15, -0.1) is 0 Å². The number of amides is 2. The fourth-order valence-electron chi connectivity index (χ4n) is 3.28. The van der Waals surface area contributed by atoms with Crippen molar-refractivity contribution >= 4 is 17.5 Å². The van der Waals surface area contributed by atoms with E-state index in [1.54, 1.807) is 18.3 Å². The van der Waals surface area contributed by atoms with Crippen molar-refractivity contribution in [3.8, 4) is 0 Å². The quantitative estimate of drug-likeness (QED) is 0.671. The Morgan fingerprint density at radius 1 is 1.03 bits per heavy atom. The lowest BCUT2D eigenvalue weighted by molar-refractivity contribution is 0.0954. The summed E-state index contributed by atoms with van der Waals surface area (Å²) in [6.45, 7) is 8.85. The van der Waals surface area contributed by atoms with Crippen molar-refractivity contribution in [3.63, 3.8) is 0 Å². The lowest BCUT2D eigenvalue weighted by Crippen LogP contribution is -2.23. The van der Waals surface area contributed by atoms with E-state index >= 15 is 0 Å². The smallest absolute Gasteiger partial charge is 0.257 e. The predicted molar refractivity (Wildman–Crippen MR) is 114 cm³/mol. The second kappa shape index (κ2) is 8.73. The molecule has 0 aliphatic heterocycles. The molecule has 0 atom stereocenters. The maximum atomic E-state index is 13.0. The fourth-order valence-corrected chi connectivity index (χ4v) is 3.28. The second-order valence-electron chi connectivity index (χ2n) is 7.04. The van der Waals surface area contributed by atoms with Crippen LogP contribution in [0.25, 0.3) is 0 Å². The molecule has 0 unspecified atom stereocenters. The third kappa shape index (κ3) is 4.54. The summed E-state index contributed by atoms with van der Waals surface area (Å²) in [7, 11) is 0. The lowest BCUT2D eigenvalue weighted by atomic mass is 10.1. The molecule has 0 aliphatic rings. The Morgan fingerprint density at radius 3 is 2.52 bits per heavy atom. The van der Waals surface area contributed by atoms with Gasteiger partial charge in [0.2, 0.25) is 0 Å². The predicted octanol–water partition coefficient (Wildman–Crippen LogP) is 3.86. The molecule has 1 aromatic carbocycles. The van der Waals surface area contributed by atoms with E-state index in [2.05, 4.69) is 20.2 Å². The number of nitrogens with zero attached hydrogens (tertiary/aromatic N) is 2. The van der Waals surface area contributed by atoms with E-state index in [0.29, 0.717) is 29.9 Å². The van der Waals surface area contributed by atoms with Crippen molar-refractivity contribution in [2.45, 2.75) is 34.2 Å². The Labute approximate surface area is 171 Å². The summed E-state index contributed by atoms with van der Waals surface area (Å²) in [6.07, 6.45) is 1.77. The molecule has 2 heterocycles. The number of aryl methyl sites for hydroxylation is 2. The maximum Gasteiger partial charge on any atom is 0.257 e.